The average molecular weight is 214 g/mol. The van der Waals surface area contributed by atoms with Crippen molar-refractivity contribution >= 4 is 11.6 Å². The second-order valence-corrected chi connectivity index (χ2v) is 3.82. The number of aliphatic hydroxyl groups is 1. The Morgan fingerprint density at radius 1 is 1.36 bits per heavy atom. The van der Waals surface area contributed by atoms with Crippen LogP contribution in [0.25, 0.3) is 0 Å². The predicted molar refractivity (Wildman–Crippen MR) is 59.4 cm³/mol. The van der Waals surface area contributed by atoms with Crippen molar-refractivity contribution < 1.29 is 5.11 Å². The second kappa shape index (κ2) is 6.02. The van der Waals surface area contributed by atoms with Crippen LogP contribution < -0.4 is 5.73 Å². The van der Waals surface area contributed by atoms with Crippen molar-refractivity contribution in [3.63, 3.8) is 0 Å². The molecule has 0 saturated carbocycles. The summed E-state index contributed by atoms with van der Waals surface area (Å²) in [6, 6.07) is 7.77. The molecule has 0 fully saturated rings. The molecule has 0 aliphatic heterocycles. The number of rotatable bonds is 5. The highest BCUT2D eigenvalue weighted by Gasteiger charge is 2.06. The first-order valence-electron chi connectivity index (χ1n) is 4.82. The summed E-state index contributed by atoms with van der Waals surface area (Å²) in [6.07, 6.45) is 1.76. The number of aryl methyl sites for hydroxylation is 1. The number of hydrogen-bond donors (Lipinski definition) is 2. The van der Waals surface area contributed by atoms with Crippen molar-refractivity contribution in [3.05, 3.63) is 34.9 Å². The quantitative estimate of drug-likeness (QED) is 0.784. The van der Waals surface area contributed by atoms with Crippen molar-refractivity contribution in [2.45, 2.75) is 12.8 Å². The van der Waals surface area contributed by atoms with Crippen molar-refractivity contribution in [2.24, 2.45) is 11.7 Å². The van der Waals surface area contributed by atoms with Gasteiger partial charge >= 0.3 is 0 Å². The molecule has 0 saturated heterocycles. The van der Waals surface area contributed by atoms with Crippen molar-refractivity contribution in [2.75, 3.05) is 13.2 Å². The van der Waals surface area contributed by atoms with Gasteiger partial charge in [-0.2, -0.15) is 0 Å². The molecule has 1 aromatic carbocycles. The molecule has 0 spiro atoms. The van der Waals surface area contributed by atoms with Crippen LogP contribution in [-0.2, 0) is 6.42 Å². The molecule has 0 amide bonds. The molecule has 0 aromatic heterocycles. The number of nitrogens with two attached hydrogens (primary N) is 1. The van der Waals surface area contributed by atoms with Gasteiger partial charge in [-0.1, -0.05) is 29.8 Å². The van der Waals surface area contributed by atoms with E-state index in [0.717, 1.165) is 23.4 Å². The van der Waals surface area contributed by atoms with Crippen LogP contribution in [-0.4, -0.2) is 18.3 Å². The van der Waals surface area contributed by atoms with Gasteiger partial charge in [0.2, 0.25) is 0 Å². The summed E-state index contributed by atoms with van der Waals surface area (Å²) >= 11 is 6.00. The largest absolute Gasteiger partial charge is 0.396 e. The van der Waals surface area contributed by atoms with E-state index in [4.69, 9.17) is 22.4 Å². The molecule has 1 unspecified atom stereocenters. The minimum absolute atomic E-state index is 0.154. The zero-order chi connectivity index (χ0) is 10.4. The Hall–Kier alpha value is -0.570. The van der Waals surface area contributed by atoms with Crippen LogP contribution in [0, 0.1) is 5.92 Å². The molecule has 78 valence electrons. The van der Waals surface area contributed by atoms with Crippen molar-refractivity contribution in [3.8, 4) is 0 Å². The first-order valence-corrected chi connectivity index (χ1v) is 5.20. The SMILES string of the molecule is NCC(CO)CCc1ccccc1Cl. The number of benzene rings is 1. The topological polar surface area (TPSA) is 46.2 Å². The van der Waals surface area contributed by atoms with Crippen molar-refractivity contribution in [1.82, 2.24) is 0 Å². The molecule has 3 N–H and O–H groups in total. The summed E-state index contributed by atoms with van der Waals surface area (Å²) in [6.45, 7) is 0.682. The standard InChI is InChI=1S/C11H16ClNO/c12-11-4-2-1-3-10(11)6-5-9(7-13)8-14/h1-4,9,14H,5-8,13H2. The lowest BCUT2D eigenvalue weighted by molar-refractivity contribution is 0.223. The third kappa shape index (κ3) is 3.29. The fourth-order valence-corrected chi connectivity index (χ4v) is 1.57. The Bertz CT molecular complexity index is 274. The lowest BCUT2D eigenvalue weighted by Gasteiger charge is -2.11. The van der Waals surface area contributed by atoms with Crippen LogP contribution in [0.15, 0.2) is 24.3 Å². The van der Waals surface area contributed by atoms with E-state index in [0.29, 0.717) is 6.54 Å². The summed E-state index contributed by atoms with van der Waals surface area (Å²) in [5.41, 5.74) is 6.62. The molecule has 2 nitrogen and oxygen atoms in total. The first kappa shape index (κ1) is 11.5. The third-order valence-corrected chi connectivity index (χ3v) is 2.74. The molecule has 0 bridgehead atoms. The van der Waals surface area contributed by atoms with E-state index in [-0.39, 0.29) is 12.5 Å². The van der Waals surface area contributed by atoms with Crippen LogP contribution >= 0.6 is 11.6 Å². The zero-order valence-corrected chi connectivity index (χ0v) is 8.87. The van der Waals surface area contributed by atoms with Gasteiger partial charge in [0.1, 0.15) is 0 Å². The maximum atomic E-state index is 8.96. The van der Waals surface area contributed by atoms with Crippen molar-refractivity contribution in [1.29, 1.82) is 0 Å². The zero-order valence-electron chi connectivity index (χ0n) is 8.12. The fourth-order valence-electron chi connectivity index (χ4n) is 1.34. The summed E-state index contributed by atoms with van der Waals surface area (Å²) in [5, 5.41) is 9.75. The van der Waals surface area contributed by atoms with E-state index in [1.54, 1.807) is 0 Å². The van der Waals surface area contributed by atoms with E-state index in [1.807, 2.05) is 24.3 Å². The number of aliphatic hydroxyl groups excluding tert-OH is 1. The highest BCUT2D eigenvalue weighted by molar-refractivity contribution is 6.31. The normalized spacial score (nSPS) is 12.8. The van der Waals surface area contributed by atoms with Gasteiger partial charge in [0, 0.05) is 11.6 Å². The highest BCUT2D eigenvalue weighted by atomic mass is 35.5. The minimum atomic E-state index is 0.154. The monoisotopic (exact) mass is 213 g/mol. The molecule has 0 heterocycles. The maximum absolute atomic E-state index is 8.96. The van der Waals surface area contributed by atoms with E-state index >= 15 is 0 Å². The molecule has 1 rings (SSSR count). The lowest BCUT2D eigenvalue weighted by atomic mass is 10.0. The molecule has 0 aliphatic carbocycles. The van der Waals surface area contributed by atoms with E-state index < -0.39 is 0 Å². The minimum Gasteiger partial charge on any atom is -0.396 e. The highest BCUT2D eigenvalue weighted by Crippen LogP contribution is 2.18. The third-order valence-electron chi connectivity index (χ3n) is 2.37. The molecular formula is C11H16ClNO. The second-order valence-electron chi connectivity index (χ2n) is 3.41. The Labute approximate surface area is 89.7 Å². The van der Waals surface area contributed by atoms with Crippen LogP contribution in [0.3, 0.4) is 0 Å². The lowest BCUT2D eigenvalue weighted by Crippen LogP contribution is -2.18. The predicted octanol–water partition coefficient (Wildman–Crippen LogP) is 1.84. The van der Waals surface area contributed by atoms with Gasteiger partial charge in [-0.15, -0.1) is 0 Å². The summed E-state index contributed by atoms with van der Waals surface area (Å²) in [4.78, 5) is 0. The molecule has 14 heavy (non-hydrogen) atoms. The molecule has 0 radical (unpaired) electrons. The molecule has 0 aliphatic rings. The summed E-state index contributed by atoms with van der Waals surface area (Å²) in [5.74, 6) is 0.186. The Kier molecular flexibility index (Phi) is 4.94. The van der Waals surface area contributed by atoms with Gasteiger partial charge < -0.3 is 10.8 Å². The molecule has 1 aromatic rings. The molecular weight excluding hydrogens is 198 g/mol. The van der Waals surface area contributed by atoms with Crippen LogP contribution in [0.2, 0.25) is 5.02 Å². The first-order chi connectivity index (χ1) is 6.77. The smallest absolute Gasteiger partial charge is 0.0471 e. The Morgan fingerprint density at radius 3 is 2.64 bits per heavy atom. The molecule has 1 atom stereocenters. The number of halogens is 1. The van der Waals surface area contributed by atoms with Gasteiger partial charge in [0.05, 0.1) is 0 Å². The Balaban J connectivity index is 2.49. The van der Waals surface area contributed by atoms with Gasteiger partial charge in [-0.25, -0.2) is 0 Å². The summed E-state index contributed by atoms with van der Waals surface area (Å²) in [7, 11) is 0. The molecule has 3 heteroatoms. The maximum Gasteiger partial charge on any atom is 0.0471 e. The van der Waals surface area contributed by atoms with E-state index in [2.05, 4.69) is 0 Å². The van der Waals surface area contributed by atoms with Gasteiger partial charge in [0.25, 0.3) is 0 Å². The van der Waals surface area contributed by atoms with Crippen LogP contribution in [0.4, 0.5) is 0 Å². The van der Waals surface area contributed by atoms with E-state index in [1.165, 1.54) is 0 Å². The fraction of sp³-hybridized carbons (Fsp3) is 0.455. The summed E-state index contributed by atoms with van der Waals surface area (Å²) < 4.78 is 0. The average Bonchev–Trinajstić information content (AvgIpc) is 2.22. The van der Waals surface area contributed by atoms with Gasteiger partial charge in [0.15, 0.2) is 0 Å². The van der Waals surface area contributed by atoms with Crippen LogP contribution in [0.1, 0.15) is 12.0 Å². The van der Waals surface area contributed by atoms with E-state index in [9.17, 15) is 0 Å². The Morgan fingerprint density at radius 2 is 2.07 bits per heavy atom. The van der Waals surface area contributed by atoms with Gasteiger partial charge in [-0.3, -0.25) is 0 Å². The van der Waals surface area contributed by atoms with Gasteiger partial charge in [-0.05, 0) is 36.9 Å². The number of hydrogen-bond acceptors (Lipinski definition) is 2. The van der Waals surface area contributed by atoms with Crippen LogP contribution in [0.5, 0.6) is 0 Å².